The molecule has 0 saturated carbocycles. The average Bonchev–Trinajstić information content (AvgIpc) is 3.68. The number of fused-ring (bicyclic) bond motifs is 8. The molecule has 11 rings (SSSR count). The predicted molar refractivity (Wildman–Crippen MR) is 254 cm³/mol. The smallest absolute Gasteiger partial charge is 0.0487 e. The van der Waals surface area contributed by atoms with Gasteiger partial charge in [0, 0.05) is 28.7 Å². The first-order valence-corrected chi connectivity index (χ1v) is 21.3. The summed E-state index contributed by atoms with van der Waals surface area (Å²) in [4.78, 5) is 2.56. The van der Waals surface area contributed by atoms with Gasteiger partial charge in [-0.1, -0.05) is 198 Å². The van der Waals surface area contributed by atoms with Crippen LogP contribution in [0.1, 0.15) is 55.5 Å². The molecule has 0 unspecified atom stereocenters. The van der Waals surface area contributed by atoms with Crippen LogP contribution in [0.3, 0.4) is 0 Å². The quantitative estimate of drug-likeness (QED) is 0.156. The third-order valence-corrected chi connectivity index (χ3v) is 13.5. The van der Waals surface area contributed by atoms with Crippen LogP contribution in [0.4, 0.5) is 11.4 Å². The highest BCUT2D eigenvalue weighted by Gasteiger charge is 2.40. The van der Waals surface area contributed by atoms with Crippen molar-refractivity contribution >= 4 is 22.1 Å². The summed E-state index contributed by atoms with van der Waals surface area (Å²) in [7, 11) is 0. The lowest BCUT2D eigenvalue weighted by atomic mass is 9.79. The average molecular weight is 770 g/mol. The van der Waals surface area contributed by atoms with Crippen LogP contribution in [0.25, 0.3) is 66.4 Å². The minimum Gasteiger partial charge on any atom is -0.337 e. The van der Waals surface area contributed by atoms with Gasteiger partial charge >= 0.3 is 0 Å². The van der Waals surface area contributed by atoms with Gasteiger partial charge in [-0.3, -0.25) is 0 Å². The zero-order chi connectivity index (χ0) is 40.6. The summed E-state index contributed by atoms with van der Waals surface area (Å²) in [5, 5.41) is 2.62. The van der Waals surface area contributed by atoms with Crippen LogP contribution in [0.5, 0.6) is 0 Å². The van der Waals surface area contributed by atoms with Crippen molar-refractivity contribution in [3.8, 4) is 55.6 Å². The molecule has 0 heterocycles. The lowest BCUT2D eigenvalue weighted by Gasteiger charge is -2.30. The predicted octanol–water partition coefficient (Wildman–Crippen LogP) is 15.8. The van der Waals surface area contributed by atoms with Gasteiger partial charge in [-0.25, -0.2) is 0 Å². The van der Waals surface area contributed by atoms with Crippen molar-refractivity contribution in [2.24, 2.45) is 0 Å². The first-order valence-electron chi connectivity index (χ1n) is 21.3. The van der Waals surface area contributed by atoms with Crippen molar-refractivity contribution < 1.29 is 0 Å². The van der Waals surface area contributed by atoms with E-state index in [1.54, 1.807) is 0 Å². The summed E-state index contributed by atoms with van der Waals surface area (Å²) >= 11 is 0. The van der Waals surface area contributed by atoms with Crippen molar-refractivity contribution in [2.45, 2.75) is 45.1 Å². The molecule has 0 amide bonds. The van der Waals surface area contributed by atoms with Crippen LogP contribution in [0, 0.1) is 0 Å². The molecule has 0 fully saturated rings. The zero-order valence-corrected chi connectivity index (χ0v) is 34.7. The number of hydrogen-bond acceptors (Lipinski definition) is 1. The molecule has 60 heavy (non-hydrogen) atoms. The highest BCUT2D eigenvalue weighted by atomic mass is 15.1. The molecule has 1 nitrogen and oxygen atoms in total. The Hall–Kier alpha value is -6.96. The molecule has 0 N–H and O–H groups in total. The van der Waals surface area contributed by atoms with Crippen molar-refractivity contribution in [3.05, 3.63) is 228 Å². The maximum atomic E-state index is 2.56. The monoisotopic (exact) mass is 769 g/mol. The van der Waals surface area contributed by atoms with E-state index in [9.17, 15) is 0 Å². The van der Waals surface area contributed by atoms with Crippen molar-refractivity contribution in [1.82, 2.24) is 0 Å². The first kappa shape index (κ1) is 36.1. The molecule has 0 saturated heterocycles. The maximum Gasteiger partial charge on any atom is 0.0487 e. The Morgan fingerprint density at radius 3 is 1.62 bits per heavy atom. The van der Waals surface area contributed by atoms with E-state index < -0.39 is 0 Å². The molecular formula is C59H47N. The number of hydrogen-bond donors (Lipinski definition) is 0. The third kappa shape index (κ3) is 5.68. The second-order valence-corrected chi connectivity index (χ2v) is 17.7. The van der Waals surface area contributed by atoms with E-state index in [1.807, 2.05) is 0 Å². The fraction of sp³-hybridized carbons (Fsp3) is 0.119. The van der Waals surface area contributed by atoms with Crippen molar-refractivity contribution in [1.29, 1.82) is 0 Å². The van der Waals surface area contributed by atoms with Crippen LogP contribution in [-0.4, -0.2) is 0 Å². The van der Waals surface area contributed by atoms with Crippen LogP contribution in [0.15, 0.2) is 200 Å². The SMILES string of the molecule is CC1(C)c2ccccc2-c2ccc(N(Cc3ccccc3-c3ccc(-c4ccccc4)cc3)c3ccc4c(c3)C(C)(C)c3c-4c(-c4ccccc4)cc4ccccc34)cc21. The van der Waals surface area contributed by atoms with Crippen molar-refractivity contribution in [2.75, 3.05) is 4.90 Å². The molecule has 2 aliphatic carbocycles. The Morgan fingerprint density at radius 2 is 0.883 bits per heavy atom. The normalized spacial score (nSPS) is 14.0. The third-order valence-electron chi connectivity index (χ3n) is 13.5. The van der Waals surface area contributed by atoms with E-state index in [0.29, 0.717) is 6.54 Å². The van der Waals surface area contributed by atoms with Gasteiger partial charge in [-0.05, 0) is 125 Å². The largest absolute Gasteiger partial charge is 0.337 e. The minimum absolute atomic E-state index is 0.109. The van der Waals surface area contributed by atoms with E-state index in [0.717, 1.165) is 0 Å². The highest BCUT2D eigenvalue weighted by Crippen LogP contribution is 2.56. The molecule has 1 heteroatoms. The minimum atomic E-state index is -0.225. The van der Waals surface area contributed by atoms with E-state index in [-0.39, 0.29) is 10.8 Å². The molecule has 0 aromatic heterocycles. The molecule has 0 spiro atoms. The number of rotatable bonds is 7. The Bertz CT molecular complexity index is 3100. The van der Waals surface area contributed by atoms with Gasteiger partial charge in [0.25, 0.3) is 0 Å². The fourth-order valence-corrected chi connectivity index (χ4v) is 10.5. The second-order valence-electron chi connectivity index (χ2n) is 17.7. The van der Waals surface area contributed by atoms with Crippen molar-refractivity contribution in [3.63, 3.8) is 0 Å². The lowest BCUT2D eigenvalue weighted by Crippen LogP contribution is -2.21. The molecule has 9 aromatic carbocycles. The Morgan fingerprint density at radius 1 is 0.367 bits per heavy atom. The van der Waals surface area contributed by atoms with E-state index in [1.165, 1.54) is 106 Å². The summed E-state index contributed by atoms with van der Waals surface area (Å²) in [6.45, 7) is 10.3. The van der Waals surface area contributed by atoms with E-state index >= 15 is 0 Å². The van der Waals surface area contributed by atoms with E-state index in [4.69, 9.17) is 0 Å². The summed E-state index contributed by atoms with van der Waals surface area (Å²) in [5.41, 5.74) is 21.8. The summed E-state index contributed by atoms with van der Waals surface area (Å²) in [6.07, 6.45) is 0. The van der Waals surface area contributed by atoms with Gasteiger partial charge in [0.2, 0.25) is 0 Å². The fourth-order valence-electron chi connectivity index (χ4n) is 10.5. The molecule has 2 aliphatic rings. The van der Waals surface area contributed by atoms with Gasteiger partial charge in [-0.2, -0.15) is 0 Å². The molecule has 0 atom stereocenters. The van der Waals surface area contributed by atoms with Gasteiger partial charge < -0.3 is 4.90 Å². The van der Waals surface area contributed by atoms with E-state index in [2.05, 4.69) is 233 Å². The van der Waals surface area contributed by atoms with Gasteiger partial charge in [0.05, 0.1) is 0 Å². The Balaban J connectivity index is 1.07. The second kappa shape index (κ2) is 13.8. The number of nitrogens with zero attached hydrogens (tertiary/aromatic N) is 1. The molecule has 0 aliphatic heterocycles. The Labute approximate surface area is 354 Å². The topological polar surface area (TPSA) is 3.24 Å². The summed E-state index contributed by atoms with van der Waals surface area (Å²) in [6, 6.07) is 74.4. The highest BCUT2D eigenvalue weighted by molar-refractivity contribution is 6.05. The number of benzene rings is 9. The zero-order valence-electron chi connectivity index (χ0n) is 34.7. The van der Waals surface area contributed by atoms with Crippen LogP contribution in [0.2, 0.25) is 0 Å². The van der Waals surface area contributed by atoms with Crippen LogP contribution < -0.4 is 4.90 Å². The summed E-state index contributed by atoms with van der Waals surface area (Å²) < 4.78 is 0. The number of anilines is 2. The Kier molecular flexibility index (Phi) is 8.33. The molecule has 288 valence electrons. The lowest BCUT2D eigenvalue weighted by molar-refractivity contribution is 0.660. The van der Waals surface area contributed by atoms with Crippen LogP contribution in [-0.2, 0) is 17.4 Å². The van der Waals surface area contributed by atoms with Gasteiger partial charge in [0.1, 0.15) is 0 Å². The molecular weight excluding hydrogens is 723 g/mol. The molecule has 9 aromatic rings. The van der Waals surface area contributed by atoms with Gasteiger partial charge in [0.15, 0.2) is 0 Å². The van der Waals surface area contributed by atoms with Gasteiger partial charge in [-0.15, -0.1) is 0 Å². The maximum absolute atomic E-state index is 2.56. The molecule has 0 radical (unpaired) electrons. The van der Waals surface area contributed by atoms with Crippen LogP contribution >= 0.6 is 0 Å². The molecule has 0 bridgehead atoms. The summed E-state index contributed by atoms with van der Waals surface area (Å²) in [5.74, 6) is 0. The standard InChI is InChI=1S/C59H47N/c1-58(2)53-26-16-15-25-49(53)50-33-31-45(36-54(50)58)60(38-44-22-12-13-23-47(44)42-29-27-40(28-30-42)39-17-7-5-8-18-39)46-32-34-51-55(37-46)59(3,4)57-48-24-14-11-21-43(48)35-52(56(51)57)41-19-9-6-10-20-41/h5-37H,38H2,1-4H3. The first-order chi connectivity index (χ1) is 29.3.